The Balaban J connectivity index is 0.00000127. The Morgan fingerprint density at radius 1 is 1.35 bits per heavy atom. The number of terminal acetylenes is 1. The lowest BCUT2D eigenvalue weighted by atomic mass is 10.1. The minimum Gasteiger partial charge on any atom is -0.380 e. The van der Waals surface area contributed by atoms with E-state index in [0.717, 1.165) is 19.4 Å². The van der Waals surface area contributed by atoms with E-state index in [9.17, 15) is 4.79 Å². The maximum atomic E-state index is 12.7. The highest BCUT2D eigenvalue weighted by molar-refractivity contribution is 5.99. The summed E-state index contributed by atoms with van der Waals surface area (Å²) in [6.45, 7) is 8.22. The number of para-hydroxylation sites is 1. The molecule has 6 nitrogen and oxygen atoms in total. The molecule has 23 heavy (non-hydrogen) atoms. The molecule has 6 heteroatoms. The summed E-state index contributed by atoms with van der Waals surface area (Å²) in [4.78, 5) is 14.5. The van der Waals surface area contributed by atoms with Crippen LogP contribution in [-0.4, -0.2) is 50.5 Å². The molecule has 0 aromatic heterocycles. The number of nitrogens with zero attached hydrogens (tertiary/aromatic N) is 4. The Labute approximate surface area is 137 Å². The van der Waals surface area contributed by atoms with Crippen molar-refractivity contribution in [3.63, 3.8) is 0 Å². The van der Waals surface area contributed by atoms with Crippen LogP contribution in [0.1, 0.15) is 23.2 Å². The fraction of sp³-hybridized carbons (Fsp3) is 0.353. The number of carbonyl (C=O) groups excluding carboxylic acids is 1. The van der Waals surface area contributed by atoms with E-state index in [0.29, 0.717) is 17.8 Å². The van der Waals surface area contributed by atoms with Crippen LogP contribution in [0.15, 0.2) is 34.5 Å². The lowest BCUT2D eigenvalue weighted by Gasteiger charge is -2.32. The third-order valence-electron chi connectivity index (χ3n) is 3.62. The number of hydrogen-bond acceptors (Lipinski definition) is 5. The van der Waals surface area contributed by atoms with Gasteiger partial charge >= 0.3 is 0 Å². The van der Waals surface area contributed by atoms with Crippen LogP contribution in [0, 0.1) is 12.8 Å². The maximum absolute atomic E-state index is 12.7. The number of ether oxygens (including phenoxy) is 1. The van der Waals surface area contributed by atoms with Gasteiger partial charge in [-0.3, -0.25) is 4.79 Å². The highest BCUT2D eigenvalue weighted by Crippen LogP contribution is 2.24. The van der Waals surface area contributed by atoms with Crippen molar-refractivity contribution in [1.82, 2.24) is 4.90 Å². The second kappa shape index (κ2) is 9.38. The molecule has 0 saturated carbocycles. The Morgan fingerprint density at radius 3 is 2.61 bits per heavy atom. The van der Waals surface area contributed by atoms with Gasteiger partial charge in [-0.1, -0.05) is 12.1 Å². The molecule has 0 bridgehead atoms. The van der Waals surface area contributed by atoms with Crippen molar-refractivity contribution >= 4 is 25.0 Å². The topological polar surface area (TPSA) is 57.5 Å². The van der Waals surface area contributed by atoms with Crippen LogP contribution in [0.4, 0.5) is 5.69 Å². The zero-order valence-electron chi connectivity index (χ0n) is 13.4. The minimum atomic E-state index is -0.0512. The van der Waals surface area contributed by atoms with Crippen molar-refractivity contribution in [3.8, 4) is 12.8 Å². The number of anilines is 1. The van der Waals surface area contributed by atoms with Crippen LogP contribution in [0.2, 0.25) is 0 Å². The second-order valence-corrected chi connectivity index (χ2v) is 4.84. The van der Waals surface area contributed by atoms with Gasteiger partial charge in [-0.05, 0) is 25.0 Å². The molecule has 0 radical (unpaired) electrons. The predicted molar refractivity (Wildman–Crippen MR) is 93.8 cm³/mol. The summed E-state index contributed by atoms with van der Waals surface area (Å²) in [6, 6.07) is 7.17. The van der Waals surface area contributed by atoms with Gasteiger partial charge in [0.2, 0.25) is 0 Å². The zero-order valence-corrected chi connectivity index (χ0v) is 13.4. The maximum Gasteiger partial charge on any atom is 0.256 e. The summed E-state index contributed by atoms with van der Waals surface area (Å²) < 4.78 is 5.37. The molecule has 0 spiro atoms. The first-order chi connectivity index (χ1) is 11.2. The van der Waals surface area contributed by atoms with Crippen molar-refractivity contribution < 1.29 is 9.53 Å². The third-order valence-corrected chi connectivity index (χ3v) is 3.62. The van der Waals surface area contributed by atoms with E-state index in [2.05, 4.69) is 36.5 Å². The lowest BCUT2D eigenvalue weighted by Crippen LogP contribution is -2.43. The van der Waals surface area contributed by atoms with E-state index in [1.807, 2.05) is 12.1 Å². The van der Waals surface area contributed by atoms with Crippen molar-refractivity contribution in [2.75, 3.05) is 25.3 Å². The predicted octanol–water partition coefficient (Wildman–Crippen LogP) is 2.22. The molecule has 1 amide bonds. The molecule has 1 aromatic carbocycles. The highest BCUT2D eigenvalue weighted by Gasteiger charge is 2.26. The molecular weight excluding hydrogens is 292 g/mol. The highest BCUT2D eigenvalue weighted by atomic mass is 16.5. The van der Waals surface area contributed by atoms with Gasteiger partial charge in [-0.15, -0.1) is 12.8 Å². The van der Waals surface area contributed by atoms with Gasteiger partial charge in [0, 0.05) is 33.6 Å². The average Bonchev–Trinajstić information content (AvgIpc) is 2.64. The van der Waals surface area contributed by atoms with Crippen molar-refractivity contribution in [2.45, 2.75) is 18.9 Å². The van der Waals surface area contributed by atoms with Gasteiger partial charge in [0.15, 0.2) is 0 Å². The van der Waals surface area contributed by atoms with Crippen LogP contribution >= 0.6 is 0 Å². The van der Waals surface area contributed by atoms with Crippen molar-refractivity contribution in [2.24, 2.45) is 10.2 Å². The number of likely N-dealkylation sites (tertiary alicyclic amines) is 1. The summed E-state index contributed by atoms with van der Waals surface area (Å²) in [5, 5.41) is 8.76. The number of methoxy groups -OCH3 is 1. The Hall–Kier alpha value is -2.65. The Kier molecular flexibility index (Phi) is 7.51. The van der Waals surface area contributed by atoms with Crippen LogP contribution in [0.3, 0.4) is 0 Å². The molecule has 2 rings (SSSR count). The minimum absolute atomic E-state index is 0.0512. The monoisotopic (exact) mass is 314 g/mol. The lowest BCUT2D eigenvalue weighted by molar-refractivity contribution is 0.0269. The van der Waals surface area contributed by atoms with E-state index < -0.39 is 0 Å². The summed E-state index contributed by atoms with van der Waals surface area (Å²) in [7, 11) is 1.68. The molecule has 1 aliphatic rings. The first-order valence-corrected chi connectivity index (χ1v) is 7.19. The van der Waals surface area contributed by atoms with Crippen LogP contribution in [-0.2, 0) is 4.74 Å². The molecule has 1 fully saturated rings. The Bertz CT molecular complexity index is 563. The largest absolute Gasteiger partial charge is 0.380 e. The quantitative estimate of drug-likeness (QED) is 0.476. The number of carbonyl (C=O) groups is 1. The molecule has 1 aromatic rings. The summed E-state index contributed by atoms with van der Waals surface area (Å²) in [5.74, 6) is -0.0512. The number of piperidine rings is 1. The fourth-order valence-corrected chi connectivity index (χ4v) is 2.51. The first kappa shape index (κ1) is 18.4. The van der Waals surface area contributed by atoms with E-state index in [1.165, 1.54) is 5.12 Å². The summed E-state index contributed by atoms with van der Waals surface area (Å²) in [5.41, 5.74) is 1.11. The number of benzene rings is 1. The van der Waals surface area contributed by atoms with Gasteiger partial charge in [0.05, 0.1) is 17.4 Å². The number of hydrogen-bond donors (Lipinski definition) is 0. The van der Waals surface area contributed by atoms with E-state index in [1.54, 1.807) is 24.1 Å². The first-order valence-electron chi connectivity index (χ1n) is 7.19. The molecule has 1 saturated heterocycles. The molecule has 0 aliphatic carbocycles. The number of hydrazone groups is 2. The molecule has 1 heterocycles. The second-order valence-electron chi connectivity index (χ2n) is 4.84. The number of amides is 1. The van der Waals surface area contributed by atoms with Crippen molar-refractivity contribution in [1.29, 1.82) is 0 Å². The van der Waals surface area contributed by atoms with E-state index >= 15 is 0 Å². The molecular formula is C17H22N4O2. The van der Waals surface area contributed by atoms with Crippen molar-refractivity contribution in [3.05, 3.63) is 29.8 Å². The van der Waals surface area contributed by atoms with Gasteiger partial charge in [-0.25, -0.2) is 0 Å². The smallest absolute Gasteiger partial charge is 0.256 e. The van der Waals surface area contributed by atoms with Crippen LogP contribution < -0.4 is 5.12 Å². The van der Waals surface area contributed by atoms with E-state index in [4.69, 9.17) is 4.74 Å². The molecule has 122 valence electrons. The van der Waals surface area contributed by atoms with Gasteiger partial charge in [0.25, 0.3) is 5.91 Å². The molecule has 1 atom stereocenters. The Morgan fingerprint density at radius 2 is 2.00 bits per heavy atom. The standard InChI is InChI=1S/C15H20N4O2.C2H2/c1-16-19(17-2)14-9-5-4-8-13(14)15(20)18-10-6-7-12(11-18)21-3;1-2/h4-5,8-9,12H,1-2,6-7,10-11H2,3H3;1-2H/t12-;/m1./s1. The van der Waals surface area contributed by atoms with Gasteiger partial charge < -0.3 is 9.64 Å². The average molecular weight is 314 g/mol. The molecule has 0 unspecified atom stereocenters. The van der Waals surface area contributed by atoms with Gasteiger partial charge in [0.1, 0.15) is 0 Å². The summed E-state index contributed by atoms with van der Waals surface area (Å²) in [6.07, 6.45) is 10.0. The van der Waals surface area contributed by atoms with E-state index in [-0.39, 0.29) is 12.0 Å². The number of rotatable bonds is 5. The van der Waals surface area contributed by atoms with Crippen LogP contribution in [0.5, 0.6) is 0 Å². The summed E-state index contributed by atoms with van der Waals surface area (Å²) >= 11 is 0. The zero-order chi connectivity index (χ0) is 17.2. The molecule has 0 N–H and O–H groups in total. The van der Waals surface area contributed by atoms with Crippen LogP contribution in [0.25, 0.3) is 0 Å². The normalized spacial score (nSPS) is 16.7. The third kappa shape index (κ3) is 4.41. The fourth-order valence-electron chi connectivity index (χ4n) is 2.51. The molecule has 1 aliphatic heterocycles. The van der Waals surface area contributed by atoms with Gasteiger partial charge in [-0.2, -0.15) is 15.3 Å². The SMILES string of the molecule is C#C.C=NN(N=C)c1ccccc1C(=O)N1CCC[C@@H](OC)C1.